The van der Waals surface area contributed by atoms with Crippen LogP contribution in [0.25, 0.3) is 0 Å². The molecule has 1 rings (SSSR count). The van der Waals surface area contributed by atoms with Crippen LogP contribution >= 0.6 is 12.6 Å². The van der Waals surface area contributed by atoms with Crippen molar-refractivity contribution in [2.24, 2.45) is 5.41 Å². The molecule has 0 bridgehead atoms. The van der Waals surface area contributed by atoms with Gasteiger partial charge < -0.3 is 10.4 Å². The Hall–Kier alpha value is -0.220. The molecule has 4 heteroatoms. The molecule has 1 fully saturated rings. The summed E-state index contributed by atoms with van der Waals surface area (Å²) in [5, 5.41) is 12.3. The van der Waals surface area contributed by atoms with Crippen molar-refractivity contribution >= 4 is 18.6 Å². The highest BCUT2D eigenvalue weighted by Crippen LogP contribution is 2.38. The fourth-order valence-corrected chi connectivity index (χ4v) is 2.63. The highest BCUT2D eigenvalue weighted by Gasteiger charge is 2.33. The maximum Gasteiger partial charge on any atom is 0.303 e. The lowest BCUT2D eigenvalue weighted by Crippen LogP contribution is -2.38. The second-order valence-corrected chi connectivity index (χ2v) is 4.98. The zero-order valence-corrected chi connectivity index (χ0v) is 10.1. The molecule has 15 heavy (non-hydrogen) atoms. The predicted molar refractivity (Wildman–Crippen MR) is 64.5 cm³/mol. The average molecular weight is 231 g/mol. The topological polar surface area (TPSA) is 49.3 Å². The minimum Gasteiger partial charge on any atom is -0.481 e. The van der Waals surface area contributed by atoms with Crippen LogP contribution in [0.5, 0.6) is 0 Å². The summed E-state index contributed by atoms with van der Waals surface area (Å²) < 4.78 is 0. The Morgan fingerprint density at radius 3 is 2.53 bits per heavy atom. The molecular formula is C11H21NO2S. The van der Waals surface area contributed by atoms with E-state index in [1.165, 1.54) is 19.3 Å². The molecule has 1 aliphatic rings. The van der Waals surface area contributed by atoms with Crippen LogP contribution in [0.4, 0.5) is 0 Å². The van der Waals surface area contributed by atoms with E-state index in [-0.39, 0.29) is 5.41 Å². The fourth-order valence-electron chi connectivity index (χ4n) is 2.47. The molecule has 0 radical (unpaired) electrons. The van der Waals surface area contributed by atoms with E-state index in [2.05, 4.69) is 17.9 Å². The van der Waals surface area contributed by atoms with Gasteiger partial charge in [0.15, 0.2) is 0 Å². The maximum atomic E-state index is 10.9. The summed E-state index contributed by atoms with van der Waals surface area (Å²) in [6.45, 7) is 1.70. The minimum absolute atomic E-state index is 0.00698. The molecule has 0 spiro atoms. The summed E-state index contributed by atoms with van der Waals surface area (Å²) in [4.78, 5) is 10.9. The summed E-state index contributed by atoms with van der Waals surface area (Å²) in [5.41, 5.74) is 0.00698. The van der Waals surface area contributed by atoms with E-state index in [4.69, 9.17) is 5.11 Å². The first-order valence-corrected chi connectivity index (χ1v) is 6.35. The van der Waals surface area contributed by atoms with Gasteiger partial charge >= 0.3 is 5.97 Å². The molecule has 0 saturated heterocycles. The standard InChI is InChI=1S/C11H21NO2S/c13-10(14)8-11(9-12-6-7-15)4-2-1-3-5-11/h12,15H,1-9H2,(H,13,14). The van der Waals surface area contributed by atoms with E-state index >= 15 is 0 Å². The molecular weight excluding hydrogens is 210 g/mol. The van der Waals surface area contributed by atoms with Crippen LogP contribution in [0.2, 0.25) is 0 Å². The quantitative estimate of drug-likeness (QED) is 0.483. The number of nitrogens with one attached hydrogen (secondary N) is 1. The van der Waals surface area contributed by atoms with E-state index in [9.17, 15) is 4.79 Å². The van der Waals surface area contributed by atoms with Gasteiger partial charge in [-0.3, -0.25) is 4.79 Å². The summed E-state index contributed by atoms with van der Waals surface area (Å²) in [6.07, 6.45) is 6.03. The Labute approximate surface area is 97.0 Å². The van der Waals surface area contributed by atoms with Crippen LogP contribution in [0.15, 0.2) is 0 Å². The van der Waals surface area contributed by atoms with Crippen molar-refractivity contribution in [2.45, 2.75) is 38.5 Å². The van der Waals surface area contributed by atoms with Crippen LogP contribution < -0.4 is 5.32 Å². The zero-order valence-electron chi connectivity index (χ0n) is 9.17. The van der Waals surface area contributed by atoms with Crippen molar-refractivity contribution in [3.05, 3.63) is 0 Å². The van der Waals surface area contributed by atoms with Crippen LogP contribution in [-0.2, 0) is 4.79 Å². The molecule has 3 nitrogen and oxygen atoms in total. The van der Waals surface area contributed by atoms with Gasteiger partial charge in [-0.05, 0) is 18.3 Å². The molecule has 0 atom stereocenters. The smallest absolute Gasteiger partial charge is 0.303 e. The van der Waals surface area contributed by atoms with Gasteiger partial charge in [0.05, 0.1) is 6.42 Å². The average Bonchev–Trinajstić information content (AvgIpc) is 2.18. The summed E-state index contributed by atoms with van der Waals surface area (Å²) in [6, 6.07) is 0. The van der Waals surface area contributed by atoms with Gasteiger partial charge in [0.2, 0.25) is 0 Å². The molecule has 0 aliphatic heterocycles. The van der Waals surface area contributed by atoms with E-state index in [1.807, 2.05) is 0 Å². The molecule has 1 aliphatic carbocycles. The van der Waals surface area contributed by atoms with Crippen molar-refractivity contribution in [2.75, 3.05) is 18.8 Å². The van der Waals surface area contributed by atoms with Gasteiger partial charge in [-0.25, -0.2) is 0 Å². The Morgan fingerprint density at radius 2 is 2.00 bits per heavy atom. The van der Waals surface area contributed by atoms with Crippen LogP contribution in [0.3, 0.4) is 0 Å². The van der Waals surface area contributed by atoms with Crippen molar-refractivity contribution in [3.63, 3.8) is 0 Å². The van der Waals surface area contributed by atoms with Gasteiger partial charge in [0.25, 0.3) is 0 Å². The Kier molecular flexibility index (Phi) is 5.47. The van der Waals surface area contributed by atoms with Gasteiger partial charge in [0, 0.05) is 18.8 Å². The molecule has 0 aromatic heterocycles. The lowest BCUT2D eigenvalue weighted by molar-refractivity contribution is -0.140. The van der Waals surface area contributed by atoms with Crippen molar-refractivity contribution < 1.29 is 9.90 Å². The van der Waals surface area contributed by atoms with Gasteiger partial charge in [-0.2, -0.15) is 12.6 Å². The van der Waals surface area contributed by atoms with Crippen molar-refractivity contribution in [1.82, 2.24) is 5.32 Å². The lowest BCUT2D eigenvalue weighted by atomic mass is 9.72. The van der Waals surface area contributed by atoms with Crippen LogP contribution in [-0.4, -0.2) is 29.9 Å². The molecule has 0 unspecified atom stereocenters. The molecule has 88 valence electrons. The predicted octanol–water partition coefficient (Wildman–Crippen LogP) is 1.93. The van der Waals surface area contributed by atoms with E-state index in [0.717, 1.165) is 31.7 Å². The molecule has 0 aromatic carbocycles. The van der Waals surface area contributed by atoms with Crippen LogP contribution in [0, 0.1) is 5.41 Å². The van der Waals surface area contributed by atoms with Gasteiger partial charge in [-0.15, -0.1) is 0 Å². The van der Waals surface area contributed by atoms with Crippen molar-refractivity contribution in [1.29, 1.82) is 0 Å². The summed E-state index contributed by atoms with van der Waals surface area (Å²) in [5.74, 6) is 0.146. The Morgan fingerprint density at radius 1 is 1.33 bits per heavy atom. The van der Waals surface area contributed by atoms with Crippen LogP contribution in [0.1, 0.15) is 38.5 Å². The minimum atomic E-state index is -0.662. The maximum absolute atomic E-state index is 10.9. The third-order valence-electron chi connectivity index (χ3n) is 3.23. The monoisotopic (exact) mass is 231 g/mol. The number of thiol groups is 1. The molecule has 1 saturated carbocycles. The molecule has 0 amide bonds. The number of carboxylic acid groups (broad SMARTS) is 1. The van der Waals surface area contributed by atoms with E-state index < -0.39 is 5.97 Å². The largest absolute Gasteiger partial charge is 0.481 e. The molecule has 2 N–H and O–H groups in total. The van der Waals surface area contributed by atoms with E-state index in [1.54, 1.807) is 0 Å². The number of rotatable bonds is 6. The summed E-state index contributed by atoms with van der Waals surface area (Å²) in [7, 11) is 0. The number of hydrogen-bond donors (Lipinski definition) is 3. The second kappa shape index (κ2) is 6.38. The number of carboxylic acids is 1. The third kappa shape index (κ3) is 4.43. The first kappa shape index (κ1) is 12.8. The third-order valence-corrected chi connectivity index (χ3v) is 3.45. The molecule has 0 aromatic rings. The number of carbonyl (C=O) groups is 1. The van der Waals surface area contributed by atoms with Crippen molar-refractivity contribution in [3.8, 4) is 0 Å². The van der Waals surface area contributed by atoms with Gasteiger partial charge in [-0.1, -0.05) is 19.3 Å². The zero-order chi connectivity index (χ0) is 11.1. The number of hydrogen-bond acceptors (Lipinski definition) is 3. The first-order valence-electron chi connectivity index (χ1n) is 5.72. The number of aliphatic carboxylic acids is 1. The highest BCUT2D eigenvalue weighted by molar-refractivity contribution is 7.80. The lowest BCUT2D eigenvalue weighted by Gasteiger charge is -2.36. The SMILES string of the molecule is O=C(O)CC1(CNCCS)CCCCC1. The second-order valence-electron chi connectivity index (χ2n) is 4.53. The fraction of sp³-hybridized carbons (Fsp3) is 0.909. The molecule has 0 heterocycles. The normalized spacial score (nSPS) is 20.1. The Bertz CT molecular complexity index is 203. The summed E-state index contributed by atoms with van der Waals surface area (Å²) >= 11 is 4.14. The highest BCUT2D eigenvalue weighted by atomic mass is 32.1. The van der Waals surface area contributed by atoms with E-state index in [0.29, 0.717) is 6.42 Å². The Balaban J connectivity index is 2.46. The van der Waals surface area contributed by atoms with Gasteiger partial charge in [0.1, 0.15) is 0 Å². The first-order chi connectivity index (χ1) is 7.18.